The second kappa shape index (κ2) is 14.1. The Labute approximate surface area is 355 Å². The van der Waals surface area contributed by atoms with Crippen molar-refractivity contribution in [2.24, 2.45) is 0 Å². The van der Waals surface area contributed by atoms with E-state index in [9.17, 15) is 0 Å². The first-order valence-electron chi connectivity index (χ1n) is 21.1. The molecule has 2 nitrogen and oxygen atoms in total. The molecule has 1 aliphatic carbocycles. The molecular formula is C59H40N2. The number of hydrogen-bond donors (Lipinski definition) is 0. The standard InChI is InChI=1S/C59H40N2/c1-4-19-44(20-5-1)59(45-21-6-2-7-22-45)54-28-14-12-26-50(54)51-37-36-48(40-55(51)59)60(46-23-8-3-9-24-46)47-34-31-41(32-35-47)43-33-38-58-53(39-43)52-27-13-15-29-57(52)61(58)56-30-16-18-42-17-10-11-25-49(42)56/h1-40H. The Morgan fingerprint density at radius 3 is 1.66 bits per heavy atom. The van der Waals surface area contributed by atoms with Gasteiger partial charge >= 0.3 is 0 Å². The zero-order valence-corrected chi connectivity index (χ0v) is 33.5. The highest BCUT2D eigenvalue weighted by molar-refractivity contribution is 6.11. The second-order valence-electron chi connectivity index (χ2n) is 16.1. The number of hydrogen-bond acceptors (Lipinski definition) is 1. The van der Waals surface area contributed by atoms with Gasteiger partial charge in [0.25, 0.3) is 0 Å². The summed E-state index contributed by atoms with van der Waals surface area (Å²) in [7, 11) is 0. The van der Waals surface area contributed by atoms with Crippen LogP contribution in [0.5, 0.6) is 0 Å². The molecule has 0 atom stereocenters. The molecule has 0 saturated heterocycles. The number of nitrogens with zero attached hydrogens (tertiary/aromatic N) is 2. The van der Waals surface area contributed by atoms with Gasteiger partial charge in [0, 0.05) is 33.2 Å². The van der Waals surface area contributed by atoms with Gasteiger partial charge in [-0.3, -0.25) is 0 Å². The molecule has 0 bridgehead atoms. The lowest BCUT2D eigenvalue weighted by Gasteiger charge is -2.35. The molecule has 0 saturated carbocycles. The molecule has 1 aromatic heterocycles. The van der Waals surface area contributed by atoms with Crippen LogP contribution in [-0.2, 0) is 5.41 Å². The molecule has 0 radical (unpaired) electrons. The Morgan fingerprint density at radius 1 is 0.328 bits per heavy atom. The first-order chi connectivity index (χ1) is 30.3. The molecule has 0 N–H and O–H groups in total. The predicted octanol–water partition coefficient (Wildman–Crippen LogP) is 15.4. The molecule has 0 amide bonds. The van der Waals surface area contributed by atoms with E-state index in [1.54, 1.807) is 0 Å². The molecule has 0 unspecified atom stereocenters. The van der Waals surface area contributed by atoms with Crippen LogP contribution >= 0.6 is 0 Å². The fourth-order valence-electron chi connectivity index (χ4n) is 10.2. The average molecular weight is 777 g/mol. The zero-order chi connectivity index (χ0) is 40.3. The zero-order valence-electron chi connectivity index (χ0n) is 33.5. The maximum absolute atomic E-state index is 2.44. The van der Waals surface area contributed by atoms with Gasteiger partial charge in [-0.2, -0.15) is 0 Å². The van der Waals surface area contributed by atoms with E-state index in [-0.39, 0.29) is 0 Å². The summed E-state index contributed by atoms with van der Waals surface area (Å²) in [6.45, 7) is 0. The summed E-state index contributed by atoms with van der Waals surface area (Å²) in [4.78, 5) is 2.40. The number of rotatable bonds is 7. The summed E-state index contributed by atoms with van der Waals surface area (Å²) in [5.41, 5.74) is 16.5. The van der Waals surface area contributed by atoms with Gasteiger partial charge in [-0.25, -0.2) is 0 Å². The van der Waals surface area contributed by atoms with Crippen LogP contribution in [0.15, 0.2) is 243 Å². The number of anilines is 3. The first-order valence-corrected chi connectivity index (χ1v) is 21.1. The van der Waals surface area contributed by atoms with Crippen molar-refractivity contribution in [1.29, 1.82) is 0 Å². The number of aromatic nitrogens is 1. The molecule has 61 heavy (non-hydrogen) atoms. The maximum atomic E-state index is 2.44. The molecule has 1 heterocycles. The van der Waals surface area contributed by atoms with E-state index in [0.29, 0.717) is 0 Å². The SMILES string of the molecule is c1ccc(N(c2ccc(-c3ccc4c(c3)c3ccccc3n4-c3cccc4ccccc34)cc2)c2ccc3c(c2)C(c2ccccc2)(c2ccccc2)c2ccccc2-3)cc1. The minimum Gasteiger partial charge on any atom is -0.310 e. The van der Waals surface area contributed by atoms with E-state index in [1.807, 2.05) is 0 Å². The fourth-order valence-corrected chi connectivity index (χ4v) is 10.2. The van der Waals surface area contributed by atoms with Crippen molar-refractivity contribution in [2.45, 2.75) is 5.41 Å². The van der Waals surface area contributed by atoms with Crippen LogP contribution in [0.3, 0.4) is 0 Å². The molecule has 10 aromatic carbocycles. The normalized spacial score (nSPS) is 12.7. The predicted molar refractivity (Wildman–Crippen MR) is 256 cm³/mol. The van der Waals surface area contributed by atoms with Crippen molar-refractivity contribution in [3.63, 3.8) is 0 Å². The smallest absolute Gasteiger partial charge is 0.0714 e. The lowest BCUT2D eigenvalue weighted by atomic mass is 9.67. The van der Waals surface area contributed by atoms with Crippen LogP contribution in [0.2, 0.25) is 0 Å². The van der Waals surface area contributed by atoms with E-state index in [4.69, 9.17) is 0 Å². The van der Waals surface area contributed by atoms with Crippen molar-refractivity contribution in [3.8, 4) is 27.9 Å². The minimum atomic E-state index is -0.480. The summed E-state index contributed by atoms with van der Waals surface area (Å²) in [6, 6.07) is 88.9. The molecule has 12 rings (SSSR count). The molecule has 0 aliphatic heterocycles. The highest BCUT2D eigenvalue weighted by Crippen LogP contribution is 2.57. The monoisotopic (exact) mass is 776 g/mol. The average Bonchev–Trinajstić information content (AvgIpc) is 3.82. The summed E-state index contributed by atoms with van der Waals surface area (Å²) >= 11 is 0. The third-order valence-corrected chi connectivity index (χ3v) is 12.9. The summed E-state index contributed by atoms with van der Waals surface area (Å²) in [5, 5.41) is 4.98. The summed E-state index contributed by atoms with van der Waals surface area (Å²) < 4.78 is 2.43. The second-order valence-corrected chi connectivity index (χ2v) is 16.1. The molecule has 1 aliphatic rings. The van der Waals surface area contributed by atoms with E-state index in [0.717, 1.165) is 17.1 Å². The third kappa shape index (κ3) is 5.43. The highest BCUT2D eigenvalue weighted by Gasteiger charge is 2.46. The molecule has 2 heteroatoms. The summed E-state index contributed by atoms with van der Waals surface area (Å²) in [5.74, 6) is 0. The maximum Gasteiger partial charge on any atom is 0.0714 e. The summed E-state index contributed by atoms with van der Waals surface area (Å²) in [6.07, 6.45) is 0. The molecular weight excluding hydrogens is 737 g/mol. The first kappa shape index (κ1) is 35.0. The van der Waals surface area contributed by atoms with Crippen molar-refractivity contribution < 1.29 is 0 Å². The minimum absolute atomic E-state index is 0.480. The van der Waals surface area contributed by atoms with Gasteiger partial charge in [0.15, 0.2) is 0 Å². The van der Waals surface area contributed by atoms with Crippen LogP contribution in [0.1, 0.15) is 22.3 Å². The lowest BCUT2D eigenvalue weighted by molar-refractivity contribution is 0.768. The van der Waals surface area contributed by atoms with E-state index >= 15 is 0 Å². The van der Waals surface area contributed by atoms with E-state index < -0.39 is 5.41 Å². The van der Waals surface area contributed by atoms with Crippen molar-refractivity contribution >= 4 is 49.6 Å². The quantitative estimate of drug-likeness (QED) is 0.156. The van der Waals surface area contributed by atoms with Crippen molar-refractivity contribution in [2.75, 3.05) is 4.90 Å². The van der Waals surface area contributed by atoms with Gasteiger partial charge in [-0.1, -0.05) is 182 Å². The third-order valence-electron chi connectivity index (χ3n) is 12.9. The molecule has 0 spiro atoms. The Bertz CT molecular complexity index is 3360. The topological polar surface area (TPSA) is 8.17 Å². The lowest BCUT2D eigenvalue weighted by Crippen LogP contribution is -2.28. The van der Waals surface area contributed by atoms with Gasteiger partial charge in [0.05, 0.1) is 22.1 Å². The van der Waals surface area contributed by atoms with Gasteiger partial charge < -0.3 is 9.47 Å². The van der Waals surface area contributed by atoms with Gasteiger partial charge in [-0.15, -0.1) is 0 Å². The molecule has 286 valence electrons. The van der Waals surface area contributed by atoms with E-state index in [1.165, 1.54) is 82.8 Å². The van der Waals surface area contributed by atoms with Crippen LogP contribution in [-0.4, -0.2) is 4.57 Å². The molecule has 0 fully saturated rings. The van der Waals surface area contributed by atoms with Crippen LogP contribution < -0.4 is 4.90 Å². The van der Waals surface area contributed by atoms with Crippen molar-refractivity contribution in [3.05, 3.63) is 265 Å². The largest absolute Gasteiger partial charge is 0.310 e. The molecule has 11 aromatic rings. The highest BCUT2D eigenvalue weighted by atomic mass is 15.1. The number of para-hydroxylation sites is 2. The Morgan fingerprint density at radius 2 is 0.885 bits per heavy atom. The fraction of sp³-hybridized carbons (Fsp3) is 0.0169. The Hall–Kier alpha value is -7.94. The van der Waals surface area contributed by atoms with Gasteiger partial charge in [-0.05, 0) is 111 Å². The van der Waals surface area contributed by atoms with Crippen molar-refractivity contribution in [1.82, 2.24) is 4.57 Å². The van der Waals surface area contributed by atoms with Crippen LogP contribution in [0.25, 0.3) is 60.5 Å². The number of benzene rings is 10. The van der Waals surface area contributed by atoms with Crippen LogP contribution in [0, 0.1) is 0 Å². The Balaban J connectivity index is 0.992. The van der Waals surface area contributed by atoms with Crippen LogP contribution in [0.4, 0.5) is 17.1 Å². The van der Waals surface area contributed by atoms with E-state index in [2.05, 4.69) is 252 Å². The van der Waals surface area contributed by atoms with Gasteiger partial charge in [0.1, 0.15) is 0 Å². The Kier molecular flexibility index (Phi) is 8.11. The number of fused-ring (bicyclic) bond motifs is 7. The van der Waals surface area contributed by atoms with Gasteiger partial charge in [0.2, 0.25) is 0 Å².